The molecule has 0 fully saturated rings. The number of halogens is 1. The molecule has 0 spiro atoms. The van der Waals surface area contributed by atoms with Crippen LogP contribution in [0.1, 0.15) is 11.5 Å². The van der Waals surface area contributed by atoms with Crippen molar-refractivity contribution in [3.63, 3.8) is 0 Å². The minimum atomic E-state index is -3.47. The van der Waals surface area contributed by atoms with Crippen molar-refractivity contribution < 1.29 is 17.3 Å². The largest absolute Gasteiger partial charge is 0.338 e. The zero-order valence-electron chi connectivity index (χ0n) is 13.2. The Morgan fingerprint density at radius 2 is 1.76 bits per heavy atom. The SMILES string of the molecule is O=S(=O)(CCc1ccccc1)NCc1nc(-c2ccc(F)cc2)no1. The molecule has 0 atom stereocenters. The number of aryl methyl sites for hydroxylation is 1. The number of hydrogen-bond acceptors (Lipinski definition) is 5. The molecule has 2 aromatic carbocycles. The lowest BCUT2D eigenvalue weighted by molar-refractivity contribution is 0.376. The highest BCUT2D eigenvalue weighted by atomic mass is 32.2. The van der Waals surface area contributed by atoms with Crippen LogP contribution in [0, 0.1) is 5.82 Å². The first-order valence-corrected chi connectivity index (χ1v) is 9.27. The van der Waals surface area contributed by atoms with Crippen LogP contribution >= 0.6 is 0 Å². The maximum Gasteiger partial charge on any atom is 0.242 e. The lowest BCUT2D eigenvalue weighted by Crippen LogP contribution is -2.27. The van der Waals surface area contributed by atoms with E-state index in [1.54, 1.807) is 0 Å². The molecule has 0 aliphatic heterocycles. The van der Waals surface area contributed by atoms with E-state index in [0.717, 1.165) is 5.56 Å². The summed E-state index contributed by atoms with van der Waals surface area (Å²) in [6.07, 6.45) is 0.417. The van der Waals surface area contributed by atoms with E-state index in [1.807, 2.05) is 30.3 Å². The molecule has 0 radical (unpaired) electrons. The van der Waals surface area contributed by atoms with Gasteiger partial charge in [-0.15, -0.1) is 0 Å². The first-order valence-electron chi connectivity index (χ1n) is 7.62. The average molecular weight is 361 g/mol. The van der Waals surface area contributed by atoms with Gasteiger partial charge in [0.15, 0.2) is 0 Å². The highest BCUT2D eigenvalue weighted by molar-refractivity contribution is 7.89. The first-order chi connectivity index (χ1) is 12.0. The monoisotopic (exact) mass is 361 g/mol. The van der Waals surface area contributed by atoms with Crippen molar-refractivity contribution in [2.24, 2.45) is 0 Å². The van der Waals surface area contributed by atoms with Gasteiger partial charge in [0, 0.05) is 5.56 Å². The number of benzene rings is 2. The third-order valence-corrected chi connectivity index (χ3v) is 4.84. The normalized spacial score (nSPS) is 11.6. The number of hydrogen-bond donors (Lipinski definition) is 1. The van der Waals surface area contributed by atoms with Crippen LogP contribution in [0.3, 0.4) is 0 Å². The van der Waals surface area contributed by atoms with Gasteiger partial charge in [0.1, 0.15) is 5.82 Å². The summed E-state index contributed by atoms with van der Waals surface area (Å²) >= 11 is 0. The van der Waals surface area contributed by atoms with Gasteiger partial charge in [-0.05, 0) is 36.2 Å². The Hall–Kier alpha value is -2.58. The number of sulfonamides is 1. The molecular weight excluding hydrogens is 345 g/mol. The predicted molar refractivity (Wildman–Crippen MR) is 90.5 cm³/mol. The molecule has 0 bridgehead atoms. The van der Waals surface area contributed by atoms with Crippen LogP contribution in [0.4, 0.5) is 4.39 Å². The predicted octanol–water partition coefficient (Wildman–Crippen LogP) is 2.54. The lowest BCUT2D eigenvalue weighted by atomic mass is 10.2. The Kier molecular flexibility index (Phi) is 5.20. The van der Waals surface area contributed by atoms with Crippen LogP contribution in [-0.4, -0.2) is 24.3 Å². The second kappa shape index (κ2) is 7.54. The van der Waals surface area contributed by atoms with Crippen LogP contribution < -0.4 is 4.72 Å². The van der Waals surface area contributed by atoms with Gasteiger partial charge in [0.05, 0.1) is 12.3 Å². The van der Waals surface area contributed by atoms with Crippen molar-refractivity contribution in [2.75, 3.05) is 5.75 Å². The molecule has 3 aromatic rings. The number of aromatic nitrogens is 2. The third kappa shape index (κ3) is 4.94. The fourth-order valence-corrected chi connectivity index (χ4v) is 3.18. The molecule has 130 valence electrons. The molecule has 3 rings (SSSR count). The zero-order valence-corrected chi connectivity index (χ0v) is 14.0. The van der Waals surface area contributed by atoms with Crippen molar-refractivity contribution in [1.29, 1.82) is 0 Å². The van der Waals surface area contributed by atoms with Crippen LogP contribution in [0.2, 0.25) is 0 Å². The van der Waals surface area contributed by atoms with E-state index < -0.39 is 10.0 Å². The Balaban J connectivity index is 1.57. The van der Waals surface area contributed by atoms with Gasteiger partial charge in [-0.3, -0.25) is 0 Å². The maximum absolute atomic E-state index is 12.9. The van der Waals surface area contributed by atoms with Crippen molar-refractivity contribution in [3.8, 4) is 11.4 Å². The quantitative estimate of drug-likeness (QED) is 0.699. The van der Waals surface area contributed by atoms with Crippen LogP contribution in [-0.2, 0) is 23.0 Å². The highest BCUT2D eigenvalue weighted by Gasteiger charge is 2.14. The topological polar surface area (TPSA) is 85.1 Å². The summed E-state index contributed by atoms with van der Waals surface area (Å²) in [7, 11) is -3.47. The summed E-state index contributed by atoms with van der Waals surface area (Å²) in [5, 5.41) is 3.77. The molecule has 1 N–H and O–H groups in total. The molecule has 0 aliphatic rings. The van der Waals surface area contributed by atoms with Gasteiger partial charge in [-0.25, -0.2) is 17.5 Å². The van der Waals surface area contributed by atoms with E-state index in [-0.39, 0.29) is 29.8 Å². The summed E-state index contributed by atoms with van der Waals surface area (Å²) < 4.78 is 44.5. The first kappa shape index (κ1) is 17.2. The molecular formula is C17H16FN3O3S. The average Bonchev–Trinajstić information content (AvgIpc) is 3.09. The van der Waals surface area contributed by atoms with E-state index >= 15 is 0 Å². The Labute approximate surface area is 144 Å². The smallest absolute Gasteiger partial charge is 0.242 e. The zero-order chi connectivity index (χ0) is 17.7. The summed E-state index contributed by atoms with van der Waals surface area (Å²) in [6, 6.07) is 15.0. The minimum Gasteiger partial charge on any atom is -0.338 e. The standard InChI is InChI=1S/C17H16FN3O3S/c18-15-8-6-14(7-9-15)17-20-16(24-21-17)12-19-25(22,23)11-10-13-4-2-1-3-5-13/h1-9,19H,10-12H2. The van der Waals surface area contributed by atoms with E-state index in [1.165, 1.54) is 24.3 Å². The molecule has 1 aromatic heterocycles. The fraction of sp³-hybridized carbons (Fsp3) is 0.176. The van der Waals surface area contributed by atoms with Crippen LogP contribution in [0.5, 0.6) is 0 Å². The Bertz CT molecular complexity index is 925. The van der Waals surface area contributed by atoms with Gasteiger partial charge in [-0.2, -0.15) is 4.98 Å². The molecule has 0 saturated heterocycles. The van der Waals surface area contributed by atoms with Crippen molar-refractivity contribution >= 4 is 10.0 Å². The Morgan fingerprint density at radius 1 is 1.04 bits per heavy atom. The molecule has 25 heavy (non-hydrogen) atoms. The molecule has 0 aliphatic carbocycles. The summed E-state index contributed by atoms with van der Waals surface area (Å²) in [5.41, 5.74) is 1.53. The fourth-order valence-electron chi connectivity index (χ4n) is 2.18. The highest BCUT2D eigenvalue weighted by Crippen LogP contribution is 2.16. The lowest BCUT2D eigenvalue weighted by Gasteiger charge is -2.04. The molecule has 0 unspecified atom stereocenters. The molecule has 6 nitrogen and oxygen atoms in total. The molecule has 8 heteroatoms. The van der Waals surface area contributed by atoms with Crippen molar-refractivity contribution in [1.82, 2.24) is 14.9 Å². The van der Waals surface area contributed by atoms with Gasteiger partial charge in [0.25, 0.3) is 0 Å². The van der Waals surface area contributed by atoms with Crippen LogP contribution in [0.15, 0.2) is 59.1 Å². The number of rotatable bonds is 7. The second-order valence-corrected chi connectivity index (χ2v) is 7.32. The third-order valence-electron chi connectivity index (χ3n) is 3.52. The molecule has 0 amide bonds. The summed E-state index contributed by atoms with van der Waals surface area (Å²) in [4.78, 5) is 4.10. The second-order valence-electron chi connectivity index (χ2n) is 5.39. The summed E-state index contributed by atoms with van der Waals surface area (Å²) in [6.45, 7) is -0.0919. The van der Waals surface area contributed by atoms with Crippen molar-refractivity contribution in [2.45, 2.75) is 13.0 Å². The van der Waals surface area contributed by atoms with Crippen LogP contribution in [0.25, 0.3) is 11.4 Å². The van der Waals surface area contributed by atoms with E-state index in [4.69, 9.17) is 4.52 Å². The molecule has 1 heterocycles. The maximum atomic E-state index is 12.9. The van der Waals surface area contributed by atoms with Gasteiger partial charge >= 0.3 is 0 Å². The number of nitrogens with one attached hydrogen (secondary N) is 1. The minimum absolute atomic E-state index is 0.0318. The van der Waals surface area contributed by atoms with E-state index in [2.05, 4.69) is 14.9 Å². The van der Waals surface area contributed by atoms with E-state index in [9.17, 15) is 12.8 Å². The van der Waals surface area contributed by atoms with E-state index in [0.29, 0.717) is 12.0 Å². The van der Waals surface area contributed by atoms with Crippen molar-refractivity contribution in [3.05, 3.63) is 71.9 Å². The number of nitrogens with zero attached hydrogens (tertiary/aromatic N) is 2. The van der Waals surface area contributed by atoms with Gasteiger partial charge < -0.3 is 4.52 Å². The van der Waals surface area contributed by atoms with Gasteiger partial charge in [-0.1, -0.05) is 35.5 Å². The molecule has 0 saturated carbocycles. The summed E-state index contributed by atoms with van der Waals surface area (Å²) in [5.74, 6) is 0.0235. The Morgan fingerprint density at radius 3 is 2.48 bits per heavy atom. The van der Waals surface area contributed by atoms with Gasteiger partial charge in [0.2, 0.25) is 21.7 Å².